The third-order valence-corrected chi connectivity index (χ3v) is 7.01. The Labute approximate surface area is 152 Å². The molecule has 1 fully saturated rings. The molecule has 1 heterocycles. The molecule has 5 nitrogen and oxygen atoms in total. The monoisotopic (exact) mass is 428 g/mol. The fraction of sp³-hybridized carbons (Fsp3) is 0.235. The van der Waals surface area contributed by atoms with Crippen molar-refractivity contribution in [2.45, 2.75) is 11.4 Å². The minimum absolute atomic E-state index is 0.355. The normalized spacial score (nSPS) is 22.6. The quantitative estimate of drug-likeness (QED) is 0.384. The third-order valence-electron chi connectivity index (χ3n) is 4.11. The minimum atomic E-state index is -3.82. The molecule has 0 N–H and O–H groups in total. The highest BCUT2D eigenvalue weighted by Crippen LogP contribution is 2.74. The van der Waals surface area contributed by atoms with Crippen molar-refractivity contribution in [3.05, 3.63) is 69.9 Å². The first kappa shape index (κ1) is 18.4. The lowest BCUT2D eigenvalue weighted by Gasteiger charge is -2.22. The Morgan fingerprint density at radius 3 is 2.20 bits per heavy atom. The van der Waals surface area contributed by atoms with E-state index in [1.807, 2.05) is 0 Å². The SMILES string of the molecule is COP(=O)(OC)[C@]1(c2ccc(F)cc2)O[C@H]1C(=O)c1ccc(Br)cc1. The molecular formula is C17H15BrFO5P. The van der Waals surface area contributed by atoms with Gasteiger partial charge in [0.05, 0.1) is 0 Å². The molecule has 2 aromatic carbocycles. The molecule has 25 heavy (non-hydrogen) atoms. The summed E-state index contributed by atoms with van der Waals surface area (Å²) in [5, 5.41) is -1.59. The predicted octanol–water partition coefficient (Wildman–Crippen LogP) is 4.51. The topological polar surface area (TPSA) is 65.1 Å². The Bertz CT molecular complexity index is 831. The molecule has 1 saturated heterocycles. The molecule has 0 bridgehead atoms. The van der Waals surface area contributed by atoms with Gasteiger partial charge in [0.2, 0.25) is 5.34 Å². The van der Waals surface area contributed by atoms with Crippen LogP contribution >= 0.6 is 23.5 Å². The summed E-state index contributed by atoms with van der Waals surface area (Å²) in [7, 11) is -1.38. The maximum absolute atomic E-state index is 13.3. The van der Waals surface area contributed by atoms with E-state index in [9.17, 15) is 13.8 Å². The molecule has 0 amide bonds. The van der Waals surface area contributed by atoms with Crippen molar-refractivity contribution in [2.75, 3.05) is 14.2 Å². The molecule has 0 aliphatic carbocycles. The van der Waals surface area contributed by atoms with Crippen molar-refractivity contribution in [1.82, 2.24) is 0 Å². The molecule has 0 spiro atoms. The number of hydrogen-bond acceptors (Lipinski definition) is 5. The standard InChI is InChI=1S/C17H15BrFO5P/c1-22-25(21,23-2)17(12-5-9-14(19)10-6-12)16(24-17)15(20)11-3-7-13(18)8-4-11/h3-10,16H,1-2H3/t16-,17-/m0/s1. The summed E-state index contributed by atoms with van der Waals surface area (Å²) in [6.07, 6.45) is -1.05. The van der Waals surface area contributed by atoms with Gasteiger partial charge < -0.3 is 13.8 Å². The molecule has 0 unspecified atom stereocenters. The van der Waals surface area contributed by atoms with E-state index in [2.05, 4.69) is 15.9 Å². The zero-order chi connectivity index (χ0) is 18.2. The molecule has 0 saturated carbocycles. The highest BCUT2D eigenvalue weighted by atomic mass is 79.9. The summed E-state index contributed by atoms with van der Waals surface area (Å²) in [5.74, 6) is -0.814. The van der Waals surface area contributed by atoms with Crippen LogP contribution in [0.25, 0.3) is 0 Å². The molecule has 132 valence electrons. The van der Waals surface area contributed by atoms with E-state index in [4.69, 9.17) is 13.8 Å². The van der Waals surface area contributed by atoms with Crippen molar-refractivity contribution in [2.24, 2.45) is 0 Å². The highest BCUT2D eigenvalue weighted by molar-refractivity contribution is 9.10. The summed E-state index contributed by atoms with van der Waals surface area (Å²) >= 11 is 3.30. The number of Topliss-reactive ketones (excluding diaryl/α,β-unsaturated/α-hetero) is 1. The summed E-state index contributed by atoms with van der Waals surface area (Å²) in [6, 6.07) is 11.9. The van der Waals surface area contributed by atoms with Gasteiger partial charge in [-0.1, -0.05) is 40.2 Å². The molecule has 3 rings (SSSR count). The van der Waals surface area contributed by atoms with E-state index in [0.29, 0.717) is 11.1 Å². The summed E-state index contributed by atoms with van der Waals surface area (Å²) in [4.78, 5) is 12.8. The lowest BCUT2D eigenvalue weighted by atomic mass is 10.0. The second-order valence-corrected chi connectivity index (χ2v) is 8.74. The van der Waals surface area contributed by atoms with Gasteiger partial charge in [0.1, 0.15) is 5.82 Å². The van der Waals surface area contributed by atoms with Gasteiger partial charge >= 0.3 is 7.60 Å². The first-order valence-electron chi connectivity index (χ1n) is 7.33. The summed E-state index contributed by atoms with van der Waals surface area (Å²) < 4.78 is 43.0. The number of epoxide rings is 1. The van der Waals surface area contributed by atoms with E-state index in [-0.39, 0.29) is 5.78 Å². The van der Waals surface area contributed by atoms with Gasteiger partial charge in [0, 0.05) is 24.3 Å². The van der Waals surface area contributed by atoms with Gasteiger partial charge in [-0.15, -0.1) is 0 Å². The number of carbonyl (C=O) groups excluding carboxylic acids is 1. The number of rotatable bonds is 6. The Hall–Kier alpha value is -1.37. The third kappa shape index (κ3) is 3.00. The number of halogens is 2. The Morgan fingerprint density at radius 2 is 1.68 bits per heavy atom. The van der Waals surface area contributed by atoms with E-state index >= 15 is 0 Å². The van der Waals surface area contributed by atoms with Crippen LogP contribution in [0.3, 0.4) is 0 Å². The smallest absolute Gasteiger partial charge is 0.339 e. The van der Waals surface area contributed by atoms with Gasteiger partial charge in [-0.25, -0.2) is 4.39 Å². The summed E-state index contributed by atoms with van der Waals surface area (Å²) in [5.41, 5.74) is 0.757. The van der Waals surface area contributed by atoms with Crippen LogP contribution in [0.2, 0.25) is 0 Å². The van der Waals surface area contributed by atoms with Crippen molar-refractivity contribution in [1.29, 1.82) is 0 Å². The van der Waals surface area contributed by atoms with Crippen LogP contribution in [0, 0.1) is 5.82 Å². The average Bonchev–Trinajstić information content (AvgIpc) is 3.39. The fourth-order valence-corrected chi connectivity index (χ4v) is 4.82. The van der Waals surface area contributed by atoms with E-state index < -0.39 is 24.9 Å². The number of ketones is 1. The lowest BCUT2D eigenvalue weighted by molar-refractivity contribution is 0.0953. The molecule has 2 atom stereocenters. The highest BCUT2D eigenvalue weighted by Gasteiger charge is 2.74. The van der Waals surface area contributed by atoms with Gasteiger partial charge in [-0.3, -0.25) is 9.36 Å². The van der Waals surface area contributed by atoms with E-state index in [1.165, 1.54) is 38.5 Å². The zero-order valence-electron chi connectivity index (χ0n) is 13.4. The van der Waals surface area contributed by atoms with Crippen LogP contribution in [0.5, 0.6) is 0 Å². The first-order chi connectivity index (χ1) is 11.9. The average molecular weight is 429 g/mol. The van der Waals surface area contributed by atoms with E-state index in [1.54, 1.807) is 24.3 Å². The molecule has 2 aromatic rings. The maximum atomic E-state index is 13.3. The first-order valence-corrected chi connectivity index (χ1v) is 9.67. The summed E-state index contributed by atoms with van der Waals surface area (Å²) in [6.45, 7) is 0. The van der Waals surface area contributed by atoms with Gasteiger partial charge in [-0.2, -0.15) is 0 Å². The zero-order valence-corrected chi connectivity index (χ0v) is 15.9. The second-order valence-electron chi connectivity index (χ2n) is 5.43. The Balaban J connectivity index is 2.04. The van der Waals surface area contributed by atoms with Crippen molar-refractivity contribution in [3.8, 4) is 0 Å². The second kappa shape index (κ2) is 6.74. The number of hydrogen-bond donors (Lipinski definition) is 0. The van der Waals surface area contributed by atoms with Crippen molar-refractivity contribution >= 4 is 29.3 Å². The predicted molar refractivity (Wildman–Crippen MR) is 93.0 cm³/mol. The maximum Gasteiger partial charge on any atom is 0.369 e. The van der Waals surface area contributed by atoms with Crippen LogP contribution in [-0.2, 0) is 23.7 Å². The lowest BCUT2D eigenvalue weighted by Crippen LogP contribution is -2.21. The number of benzene rings is 2. The number of ether oxygens (including phenoxy) is 1. The van der Waals surface area contributed by atoms with E-state index in [0.717, 1.165) is 4.47 Å². The minimum Gasteiger partial charge on any atom is -0.339 e. The van der Waals surface area contributed by atoms with Gasteiger partial charge in [-0.05, 0) is 29.8 Å². The molecule has 0 aromatic heterocycles. The molecule has 1 aliphatic rings. The largest absolute Gasteiger partial charge is 0.369 e. The number of carbonyl (C=O) groups is 1. The Kier molecular flexibility index (Phi) is 4.97. The van der Waals surface area contributed by atoms with Gasteiger partial charge in [0.25, 0.3) is 0 Å². The molecule has 1 aliphatic heterocycles. The van der Waals surface area contributed by atoms with Crippen LogP contribution in [0.15, 0.2) is 53.0 Å². The van der Waals surface area contributed by atoms with Crippen LogP contribution < -0.4 is 0 Å². The molecular weight excluding hydrogens is 414 g/mol. The van der Waals surface area contributed by atoms with Gasteiger partial charge in [0.15, 0.2) is 11.9 Å². The van der Waals surface area contributed by atoms with Crippen molar-refractivity contribution in [3.63, 3.8) is 0 Å². The van der Waals surface area contributed by atoms with Crippen molar-refractivity contribution < 1.29 is 27.5 Å². The van der Waals surface area contributed by atoms with Crippen LogP contribution in [0.1, 0.15) is 15.9 Å². The van der Waals surface area contributed by atoms with Crippen LogP contribution in [-0.4, -0.2) is 26.1 Å². The van der Waals surface area contributed by atoms with Crippen LogP contribution in [0.4, 0.5) is 4.39 Å². The Morgan fingerprint density at radius 1 is 1.12 bits per heavy atom. The molecule has 0 radical (unpaired) electrons. The molecule has 8 heteroatoms. The fourth-order valence-electron chi connectivity index (χ4n) is 2.76.